The Morgan fingerprint density at radius 1 is 1.03 bits per heavy atom. The summed E-state index contributed by atoms with van der Waals surface area (Å²) >= 11 is 8.22. The van der Waals surface area contributed by atoms with E-state index in [0.29, 0.717) is 35.6 Å². The Labute approximate surface area is 187 Å². The van der Waals surface area contributed by atoms with Gasteiger partial charge in [-0.25, -0.2) is 8.42 Å². The molecule has 3 aromatic rings. The van der Waals surface area contributed by atoms with Crippen LogP contribution in [0.3, 0.4) is 0 Å². The monoisotopic (exact) mass is 483 g/mol. The first-order valence-corrected chi connectivity index (χ1v) is 12.5. The number of hydrogen-bond donors (Lipinski definition) is 1. The predicted octanol–water partition coefficient (Wildman–Crippen LogP) is 2.87. The molecule has 0 unspecified atom stereocenters. The zero-order chi connectivity index (χ0) is 21.1. The molecule has 1 N–H and O–H groups in total. The number of halogens is 1. The molecule has 2 aromatic heterocycles. The molecule has 12 heteroatoms. The average Bonchev–Trinajstić information content (AvgIpc) is 3.38. The molecule has 0 bridgehead atoms. The van der Waals surface area contributed by atoms with Crippen LogP contribution < -0.4 is 5.32 Å². The maximum atomic E-state index is 12.7. The molecule has 158 valence electrons. The van der Waals surface area contributed by atoms with Crippen molar-refractivity contribution < 1.29 is 13.2 Å². The molecule has 1 aliphatic heterocycles. The molecule has 0 aliphatic carbocycles. The molecular formula is C18H18ClN5O3S3. The third kappa shape index (κ3) is 4.88. The molecule has 1 fully saturated rings. The molecule has 0 saturated carbocycles. The van der Waals surface area contributed by atoms with Crippen LogP contribution >= 0.6 is 34.3 Å². The van der Waals surface area contributed by atoms with E-state index in [0.717, 1.165) is 21.9 Å². The molecule has 1 saturated heterocycles. The molecular weight excluding hydrogens is 466 g/mol. The van der Waals surface area contributed by atoms with Gasteiger partial charge in [-0.2, -0.15) is 4.31 Å². The van der Waals surface area contributed by atoms with Crippen molar-refractivity contribution in [3.8, 4) is 10.6 Å². The Morgan fingerprint density at radius 3 is 2.43 bits per heavy atom. The van der Waals surface area contributed by atoms with Gasteiger partial charge in [0.2, 0.25) is 11.0 Å². The SMILES string of the molecule is O=C(CN1CCN(S(=O)(=O)c2ccc(Cl)s2)CC1)Nc1nnc(-c2ccccc2)s1. The van der Waals surface area contributed by atoms with Crippen molar-refractivity contribution in [3.05, 3.63) is 46.8 Å². The van der Waals surface area contributed by atoms with Gasteiger partial charge in [-0.3, -0.25) is 15.0 Å². The van der Waals surface area contributed by atoms with Crippen LogP contribution in [0.25, 0.3) is 10.6 Å². The topological polar surface area (TPSA) is 95.5 Å². The predicted molar refractivity (Wildman–Crippen MR) is 119 cm³/mol. The van der Waals surface area contributed by atoms with Crippen LogP contribution in [0.2, 0.25) is 4.34 Å². The molecule has 1 amide bonds. The smallest absolute Gasteiger partial charge is 0.252 e. The molecule has 0 spiro atoms. The van der Waals surface area contributed by atoms with E-state index in [4.69, 9.17) is 11.6 Å². The van der Waals surface area contributed by atoms with Gasteiger partial charge in [0.1, 0.15) is 9.22 Å². The number of thiophene rings is 1. The summed E-state index contributed by atoms with van der Waals surface area (Å²) < 4.78 is 27.4. The lowest BCUT2D eigenvalue weighted by molar-refractivity contribution is -0.117. The number of sulfonamides is 1. The quantitative estimate of drug-likeness (QED) is 0.579. The highest BCUT2D eigenvalue weighted by Crippen LogP contribution is 2.29. The third-order valence-electron chi connectivity index (χ3n) is 4.53. The van der Waals surface area contributed by atoms with E-state index in [9.17, 15) is 13.2 Å². The van der Waals surface area contributed by atoms with Crippen molar-refractivity contribution in [2.24, 2.45) is 0 Å². The summed E-state index contributed by atoms with van der Waals surface area (Å²) in [5.74, 6) is -0.202. The lowest BCUT2D eigenvalue weighted by Crippen LogP contribution is -2.50. The number of nitrogens with one attached hydrogen (secondary N) is 1. The minimum Gasteiger partial charge on any atom is -0.299 e. The van der Waals surface area contributed by atoms with Crippen molar-refractivity contribution in [2.75, 3.05) is 38.0 Å². The fraction of sp³-hybridized carbons (Fsp3) is 0.278. The summed E-state index contributed by atoms with van der Waals surface area (Å²) in [4.78, 5) is 14.3. The fourth-order valence-electron chi connectivity index (χ4n) is 3.02. The van der Waals surface area contributed by atoms with E-state index in [2.05, 4.69) is 15.5 Å². The van der Waals surface area contributed by atoms with Crippen LogP contribution in [-0.2, 0) is 14.8 Å². The zero-order valence-electron chi connectivity index (χ0n) is 15.7. The molecule has 1 aliphatic rings. The lowest BCUT2D eigenvalue weighted by atomic mass is 10.2. The number of amides is 1. The van der Waals surface area contributed by atoms with Gasteiger partial charge >= 0.3 is 0 Å². The summed E-state index contributed by atoms with van der Waals surface area (Å²) in [6.45, 7) is 1.75. The minimum atomic E-state index is -3.54. The summed E-state index contributed by atoms with van der Waals surface area (Å²) in [6.07, 6.45) is 0. The minimum absolute atomic E-state index is 0.166. The Hall–Kier alpha value is -1.89. The van der Waals surface area contributed by atoms with Gasteiger partial charge in [0.25, 0.3) is 10.0 Å². The van der Waals surface area contributed by atoms with Gasteiger partial charge in [-0.15, -0.1) is 21.5 Å². The first kappa shape index (κ1) is 21.3. The summed E-state index contributed by atoms with van der Waals surface area (Å²) in [7, 11) is -3.54. The van der Waals surface area contributed by atoms with Gasteiger partial charge in [-0.05, 0) is 12.1 Å². The number of nitrogens with zero attached hydrogens (tertiary/aromatic N) is 4. The fourth-order valence-corrected chi connectivity index (χ4v) is 6.85. The zero-order valence-corrected chi connectivity index (χ0v) is 18.9. The number of carbonyl (C=O) groups excluding carboxylic acids is 1. The molecule has 1 aromatic carbocycles. The first-order valence-electron chi connectivity index (χ1n) is 9.08. The number of benzene rings is 1. The maximum absolute atomic E-state index is 12.7. The van der Waals surface area contributed by atoms with Crippen molar-refractivity contribution in [1.82, 2.24) is 19.4 Å². The van der Waals surface area contributed by atoms with Gasteiger partial charge in [0, 0.05) is 31.7 Å². The van der Waals surface area contributed by atoms with E-state index in [1.165, 1.54) is 21.7 Å². The van der Waals surface area contributed by atoms with Gasteiger partial charge in [0.15, 0.2) is 0 Å². The van der Waals surface area contributed by atoms with E-state index >= 15 is 0 Å². The number of piperazine rings is 1. The van der Waals surface area contributed by atoms with E-state index in [1.807, 2.05) is 35.2 Å². The van der Waals surface area contributed by atoms with E-state index in [-0.39, 0.29) is 16.7 Å². The maximum Gasteiger partial charge on any atom is 0.252 e. The van der Waals surface area contributed by atoms with Gasteiger partial charge in [-0.1, -0.05) is 53.3 Å². The number of carbonyl (C=O) groups is 1. The summed E-state index contributed by atoms with van der Waals surface area (Å²) in [6, 6.07) is 12.7. The Kier molecular flexibility index (Phi) is 6.46. The number of hydrogen-bond acceptors (Lipinski definition) is 8. The van der Waals surface area contributed by atoms with Crippen molar-refractivity contribution in [2.45, 2.75) is 4.21 Å². The Balaban J connectivity index is 1.29. The second kappa shape index (κ2) is 9.08. The van der Waals surface area contributed by atoms with Crippen LogP contribution in [0.4, 0.5) is 5.13 Å². The van der Waals surface area contributed by atoms with E-state index < -0.39 is 10.0 Å². The number of rotatable bonds is 6. The molecule has 0 atom stereocenters. The van der Waals surface area contributed by atoms with Crippen LogP contribution in [-0.4, -0.2) is 66.5 Å². The van der Waals surface area contributed by atoms with Crippen LogP contribution in [0.1, 0.15) is 0 Å². The van der Waals surface area contributed by atoms with Gasteiger partial charge < -0.3 is 0 Å². The number of anilines is 1. The first-order chi connectivity index (χ1) is 14.4. The molecule has 8 nitrogen and oxygen atoms in total. The summed E-state index contributed by atoms with van der Waals surface area (Å²) in [5, 5.41) is 12.1. The lowest BCUT2D eigenvalue weighted by Gasteiger charge is -2.33. The standard InChI is InChI=1S/C18H18ClN5O3S3/c19-14-6-7-16(28-14)30(26,27)24-10-8-23(9-11-24)12-15(25)20-18-22-21-17(29-18)13-4-2-1-3-5-13/h1-7H,8-12H2,(H,20,22,25). The normalized spacial score (nSPS) is 15.9. The number of aromatic nitrogens is 2. The van der Waals surface area contributed by atoms with Crippen LogP contribution in [0.5, 0.6) is 0 Å². The van der Waals surface area contributed by atoms with Gasteiger partial charge in [0.05, 0.1) is 10.9 Å². The highest BCUT2D eigenvalue weighted by Gasteiger charge is 2.30. The Bertz CT molecular complexity index is 1120. The van der Waals surface area contributed by atoms with Crippen LogP contribution in [0, 0.1) is 0 Å². The molecule has 3 heterocycles. The largest absolute Gasteiger partial charge is 0.299 e. The highest BCUT2D eigenvalue weighted by molar-refractivity contribution is 7.91. The molecule has 4 rings (SSSR count). The highest BCUT2D eigenvalue weighted by atomic mass is 35.5. The third-order valence-corrected chi connectivity index (χ3v) is 9.02. The molecule has 30 heavy (non-hydrogen) atoms. The Morgan fingerprint density at radius 2 is 1.77 bits per heavy atom. The van der Waals surface area contributed by atoms with Crippen molar-refractivity contribution in [1.29, 1.82) is 0 Å². The summed E-state index contributed by atoms with van der Waals surface area (Å²) in [5.41, 5.74) is 0.944. The van der Waals surface area contributed by atoms with Crippen molar-refractivity contribution in [3.63, 3.8) is 0 Å². The average molecular weight is 484 g/mol. The van der Waals surface area contributed by atoms with Crippen molar-refractivity contribution >= 4 is 55.3 Å². The molecule has 0 radical (unpaired) electrons. The second-order valence-electron chi connectivity index (χ2n) is 6.57. The second-order valence-corrected chi connectivity index (χ2v) is 11.4. The van der Waals surface area contributed by atoms with E-state index in [1.54, 1.807) is 6.07 Å². The van der Waals surface area contributed by atoms with Crippen LogP contribution in [0.15, 0.2) is 46.7 Å².